The Kier molecular flexibility index (Phi) is 2.89. The van der Waals surface area contributed by atoms with Crippen LogP contribution in [0.4, 0.5) is 5.69 Å². The van der Waals surface area contributed by atoms with Crippen molar-refractivity contribution in [3.8, 4) is 10.4 Å². The number of benzene rings is 1. The van der Waals surface area contributed by atoms with Crippen LogP contribution in [0.15, 0.2) is 41.8 Å². The lowest BCUT2D eigenvalue weighted by molar-refractivity contribution is 0.694. The fourth-order valence-corrected chi connectivity index (χ4v) is 2.98. The van der Waals surface area contributed by atoms with Crippen molar-refractivity contribution in [3.63, 3.8) is 0 Å². The molecule has 1 fully saturated rings. The highest BCUT2D eigenvalue weighted by molar-refractivity contribution is 7.13. The maximum absolute atomic E-state index is 3.67. The molecule has 0 saturated heterocycles. The molecule has 0 spiro atoms. The van der Waals surface area contributed by atoms with E-state index in [-0.39, 0.29) is 0 Å². The van der Waals surface area contributed by atoms with Crippen LogP contribution in [0.25, 0.3) is 10.4 Å². The van der Waals surface area contributed by atoms with E-state index in [0.29, 0.717) is 6.04 Å². The van der Waals surface area contributed by atoms with Gasteiger partial charge in [-0.25, -0.2) is 0 Å². The van der Waals surface area contributed by atoms with Crippen LogP contribution >= 0.6 is 11.3 Å². The Bertz CT molecular complexity index is 485. The van der Waals surface area contributed by atoms with E-state index in [0.717, 1.165) is 5.92 Å². The molecule has 1 aliphatic carbocycles. The number of nitrogens with one attached hydrogen (secondary N) is 1. The van der Waals surface area contributed by atoms with Crippen LogP contribution in [0.1, 0.15) is 19.8 Å². The Morgan fingerprint density at radius 3 is 2.71 bits per heavy atom. The van der Waals surface area contributed by atoms with Crippen LogP contribution < -0.4 is 5.32 Å². The first kappa shape index (κ1) is 10.8. The van der Waals surface area contributed by atoms with Crippen molar-refractivity contribution in [3.05, 3.63) is 41.8 Å². The maximum atomic E-state index is 3.67. The van der Waals surface area contributed by atoms with E-state index in [1.165, 1.54) is 29.0 Å². The van der Waals surface area contributed by atoms with Crippen molar-refractivity contribution in [1.29, 1.82) is 0 Å². The summed E-state index contributed by atoms with van der Waals surface area (Å²) in [5, 5.41) is 5.80. The number of thiophene rings is 1. The first-order valence-corrected chi connectivity index (χ1v) is 7.12. The summed E-state index contributed by atoms with van der Waals surface area (Å²) in [6.45, 7) is 2.29. The Hall–Kier alpha value is -1.28. The van der Waals surface area contributed by atoms with Crippen LogP contribution in [0.5, 0.6) is 0 Å². The third-order valence-electron chi connectivity index (χ3n) is 3.43. The van der Waals surface area contributed by atoms with E-state index in [9.17, 15) is 0 Å². The smallest absolute Gasteiger partial charge is 0.0430 e. The normalized spacial score (nSPS) is 16.8. The zero-order valence-corrected chi connectivity index (χ0v) is 10.8. The molecule has 1 unspecified atom stereocenters. The molecule has 2 aromatic rings. The molecule has 88 valence electrons. The molecule has 1 heterocycles. The lowest BCUT2D eigenvalue weighted by atomic mass is 10.1. The molecule has 3 rings (SSSR count). The summed E-state index contributed by atoms with van der Waals surface area (Å²) in [5.74, 6) is 0.881. The van der Waals surface area contributed by atoms with E-state index in [1.807, 2.05) is 0 Å². The lowest BCUT2D eigenvalue weighted by Gasteiger charge is -2.17. The molecular weight excluding hydrogens is 226 g/mol. The van der Waals surface area contributed by atoms with Crippen LogP contribution in [0.3, 0.4) is 0 Å². The van der Waals surface area contributed by atoms with Gasteiger partial charge in [-0.15, -0.1) is 11.3 Å². The van der Waals surface area contributed by atoms with Crippen LogP contribution in [-0.2, 0) is 0 Å². The minimum atomic E-state index is 0.594. The van der Waals surface area contributed by atoms with E-state index in [4.69, 9.17) is 0 Å². The van der Waals surface area contributed by atoms with Crippen LogP contribution in [-0.4, -0.2) is 6.04 Å². The van der Waals surface area contributed by atoms with Crippen LogP contribution in [0, 0.1) is 5.92 Å². The van der Waals surface area contributed by atoms with E-state index >= 15 is 0 Å². The summed E-state index contributed by atoms with van der Waals surface area (Å²) in [4.78, 5) is 1.34. The summed E-state index contributed by atoms with van der Waals surface area (Å²) in [6, 6.07) is 13.5. The number of rotatable bonds is 4. The first-order chi connectivity index (χ1) is 8.34. The zero-order valence-electron chi connectivity index (χ0n) is 10.0. The second-order valence-corrected chi connectivity index (χ2v) is 5.74. The third kappa shape index (κ3) is 2.37. The average molecular weight is 243 g/mol. The summed E-state index contributed by atoms with van der Waals surface area (Å²) in [7, 11) is 0. The predicted molar refractivity (Wildman–Crippen MR) is 75.6 cm³/mol. The van der Waals surface area contributed by atoms with Gasteiger partial charge in [0, 0.05) is 22.2 Å². The van der Waals surface area contributed by atoms with Gasteiger partial charge >= 0.3 is 0 Å². The van der Waals surface area contributed by atoms with Gasteiger partial charge < -0.3 is 5.32 Å². The van der Waals surface area contributed by atoms with Gasteiger partial charge in [-0.1, -0.05) is 24.3 Å². The standard InChI is InChI=1S/C15H17NS/c1-11(12-8-9-12)16-14-6-3-2-5-13(14)15-7-4-10-17-15/h2-7,10-12,16H,8-9H2,1H3. The molecule has 0 radical (unpaired) electrons. The van der Waals surface area contributed by atoms with Crippen molar-refractivity contribution in [2.45, 2.75) is 25.8 Å². The van der Waals surface area contributed by atoms with Gasteiger partial charge in [0.1, 0.15) is 0 Å². The predicted octanol–water partition coefficient (Wildman–Crippen LogP) is 4.63. The van der Waals surface area contributed by atoms with Gasteiger partial charge in [0.15, 0.2) is 0 Å². The van der Waals surface area contributed by atoms with Crippen molar-refractivity contribution in [1.82, 2.24) is 0 Å². The monoisotopic (exact) mass is 243 g/mol. The number of hydrogen-bond donors (Lipinski definition) is 1. The summed E-state index contributed by atoms with van der Waals surface area (Å²) in [5.41, 5.74) is 2.60. The SMILES string of the molecule is CC(Nc1ccccc1-c1cccs1)C1CC1. The van der Waals surface area contributed by atoms with E-state index < -0.39 is 0 Å². The third-order valence-corrected chi connectivity index (χ3v) is 4.33. The molecule has 1 aromatic heterocycles. The fourth-order valence-electron chi connectivity index (χ4n) is 2.22. The minimum Gasteiger partial charge on any atom is -0.382 e. The Morgan fingerprint density at radius 2 is 2.00 bits per heavy atom. The molecule has 1 saturated carbocycles. The van der Waals surface area contributed by atoms with Crippen molar-refractivity contribution < 1.29 is 0 Å². The first-order valence-electron chi connectivity index (χ1n) is 6.24. The number of anilines is 1. The molecule has 1 N–H and O–H groups in total. The second-order valence-electron chi connectivity index (χ2n) is 4.79. The average Bonchev–Trinajstić information content (AvgIpc) is 3.06. The highest BCUT2D eigenvalue weighted by Crippen LogP contribution is 2.37. The molecule has 0 bridgehead atoms. The van der Waals surface area contributed by atoms with Crippen LogP contribution in [0.2, 0.25) is 0 Å². The van der Waals surface area contributed by atoms with Crippen molar-refractivity contribution in [2.75, 3.05) is 5.32 Å². The Balaban J connectivity index is 1.88. The Labute approximate surface area is 106 Å². The molecule has 1 nitrogen and oxygen atoms in total. The van der Waals surface area contributed by atoms with Gasteiger partial charge in [0.25, 0.3) is 0 Å². The quantitative estimate of drug-likeness (QED) is 0.825. The molecule has 0 amide bonds. The summed E-state index contributed by atoms with van der Waals surface area (Å²) < 4.78 is 0. The highest BCUT2D eigenvalue weighted by Gasteiger charge is 2.28. The summed E-state index contributed by atoms with van der Waals surface area (Å²) >= 11 is 1.80. The van der Waals surface area contributed by atoms with E-state index in [1.54, 1.807) is 11.3 Å². The van der Waals surface area contributed by atoms with E-state index in [2.05, 4.69) is 54.0 Å². The van der Waals surface area contributed by atoms with Gasteiger partial charge in [-0.2, -0.15) is 0 Å². The summed E-state index contributed by atoms with van der Waals surface area (Å²) in [6.07, 6.45) is 2.77. The topological polar surface area (TPSA) is 12.0 Å². The van der Waals surface area contributed by atoms with Crippen molar-refractivity contribution in [2.24, 2.45) is 5.92 Å². The van der Waals surface area contributed by atoms with Gasteiger partial charge in [0.2, 0.25) is 0 Å². The fraction of sp³-hybridized carbons (Fsp3) is 0.333. The molecule has 1 aliphatic rings. The number of hydrogen-bond acceptors (Lipinski definition) is 2. The maximum Gasteiger partial charge on any atom is 0.0430 e. The second kappa shape index (κ2) is 4.53. The number of para-hydroxylation sites is 1. The minimum absolute atomic E-state index is 0.594. The molecule has 1 aromatic carbocycles. The molecule has 2 heteroatoms. The largest absolute Gasteiger partial charge is 0.382 e. The molecule has 0 aliphatic heterocycles. The highest BCUT2D eigenvalue weighted by atomic mass is 32.1. The van der Waals surface area contributed by atoms with Gasteiger partial charge in [-0.05, 0) is 43.2 Å². The molecule has 17 heavy (non-hydrogen) atoms. The van der Waals surface area contributed by atoms with Crippen molar-refractivity contribution >= 4 is 17.0 Å². The molecular formula is C15H17NS. The van der Waals surface area contributed by atoms with Gasteiger partial charge in [0.05, 0.1) is 0 Å². The molecule has 1 atom stereocenters. The Morgan fingerprint density at radius 1 is 1.18 bits per heavy atom. The lowest BCUT2D eigenvalue weighted by Crippen LogP contribution is -2.17. The zero-order chi connectivity index (χ0) is 11.7. The van der Waals surface area contributed by atoms with Gasteiger partial charge in [-0.3, -0.25) is 0 Å².